The highest BCUT2D eigenvalue weighted by Crippen LogP contribution is 2.55. The molecule has 0 unspecified atom stereocenters. The lowest BCUT2D eigenvalue weighted by Crippen LogP contribution is -2.68. The average Bonchev–Trinajstić information content (AvgIpc) is 2.01. The van der Waals surface area contributed by atoms with Crippen molar-refractivity contribution in [1.29, 1.82) is 0 Å². The first kappa shape index (κ1) is 9.43. The first-order valence-electron chi connectivity index (χ1n) is 4.55. The third-order valence-electron chi connectivity index (χ3n) is 3.18. The smallest absolute Gasteiger partial charge is 0.311 e. The van der Waals surface area contributed by atoms with Gasteiger partial charge in [-0.2, -0.15) is 0 Å². The van der Waals surface area contributed by atoms with Crippen molar-refractivity contribution in [2.75, 3.05) is 13.1 Å². The van der Waals surface area contributed by atoms with Gasteiger partial charge in [0.05, 0.1) is 12.0 Å². The Labute approximate surface area is 80.7 Å². The van der Waals surface area contributed by atoms with Crippen LogP contribution in [0.5, 0.6) is 0 Å². The Morgan fingerprint density at radius 3 is 2.36 bits per heavy atom. The van der Waals surface area contributed by atoms with E-state index in [1.807, 2.05) is 0 Å². The zero-order valence-electron chi connectivity index (χ0n) is 7.92. The molecule has 0 spiro atoms. The van der Waals surface area contributed by atoms with Gasteiger partial charge in [0.15, 0.2) is 0 Å². The zero-order valence-corrected chi connectivity index (χ0v) is 7.92. The molecular formula is C9H12FNO3. The maximum Gasteiger partial charge on any atom is 0.311 e. The number of hydrogen-bond donors (Lipinski definition) is 1. The number of piperidine rings is 2. The third kappa shape index (κ3) is 1.11. The van der Waals surface area contributed by atoms with Gasteiger partial charge in [-0.05, 0) is 0 Å². The zero-order chi connectivity index (χ0) is 10.6. The molecule has 0 aromatic rings. The topological polar surface area (TPSA) is 57.6 Å². The summed E-state index contributed by atoms with van der Waals surface area (Å²) >= 11 is 0. The number of carbonyl (C=O) groups is 2. The monoisotopic (exact) mass is 201 g/mol. The lowest BCUT2D eigenvalue weighted by Gasteiger charge is -2.56. The first-order chi connectivity index (χ1) is 6.37. The van der Waals surface area contributed by atoms with Crippen LogP contribution >= 0.6 is 0 Å². The summed E-state index contributed by atoms with van der Waals surface area (Å²) in [5.74, 6) is -1.24. The van der Waals surface area contributed by atoms with E-state index in [9.17, 15) is 14.0 Å². The molecule has 1 amide bonds. The van der Waals surface area contributed by atoms with Gasteiger partial charge in [-0.1, -0.05) is 0 Å². The van der Waals surface area contributed by atoms with Crippen molar-refractivity contribution in [3.05, 3.63) is 0 Å². The fraction of sp³-hybridized carbons (Fsp3) is 0.778. The number of nitrogens with zero attached hydrogens (tertiary/aromatic N) is 1. The van der Waals surface area contributed by atoms with Crippen LogP contribution in [0, 0.1) is 5.41 Å². The highest BCUT2D eigenvalue weighted by molar-refractivity contribution is 5.80. The van der Waals surface area contributed by atoms with Crippen molar-refractivity contribution in [3.63, 3.8) is 0 Å². The molecule has 5 heteroatoms. The second-order valence-corrected chi connectivity index (χ2v) is 4.47. The standard InChI is InChI=1S/C9H12FNO3/c1-6(12)11-4-8(7(13)14)2-9(10,3-8)5-11/h2-5H2,1H3,(H,13,14). The molecule has 2 heterocycles. The molecule has 1 saturated carbocycles. The van der Waals surface area contributed by atoms with Gasteiger partial charge in [0.25, 0.3) is 0 Å². The quantitative estimate of drug-likeness (QED) is 0.669. The fourth-order valence-electron chi connectivity index (χ4n) is 2.59. The van der Waals surface area contributed by atoms with Crippen molar-refractivity contribution in [3.8, 4) is 0 Å². The van der Waals surface area contributed by atoms with Gasteiger partial charge >= 0.3 is 5.97 Å². The van der Waals surface area contributed by atoms with E-state index in [0.717, 1.165) is 0 Å². The number of fused-ring (bicyclic) bond motifs is 2. The van der Waals surface area contributed by atoms with E-state index in [-0.39, 0.29) is 31.8 Å². The number of hydrogen-bond acceptors (Lipinski definition) is 2. The van der Waals surface area contributed by atoms with Gasteiger partial charge in [-0.15, -0.1) is 0 Å². The van der Waals surface area contributed by atoms with Gasteiger partial charge in [-0.25, -0.2) is 4.39 Å². The molecule has 0 radical (unpaired) electrons. The van der Waals surface area contributed by atoms with Crippen molar-refractivity contribution >= 4 is 11.9 Å². The maximum atomic E-state index is 13.7. The molecule has 2 bridgehead atoms. The molecule has 2 saturated heterocycles. The molecule has 3 fully saturated rings. The largest absolute Gasteiger partial charge is 0.481 e. The van der Waals surface area contributed by atoms with Gasteiger partial charge < -0.3 is 10.0 Å². The van der Waals surface area contributed by atoms with Crippen LogP contribution in [0.25, 0.3) is 0 Å². The summed E-state index contributed by atoms with van der Waals surface area (Å²) in [6, 6.07) is 0. The SMILES string of the molecule is CC(=O)N1CC2(F)CC(C(=O)O)(C1)C2. The summed E-state index contributed by atoms with van der Waals surface area (Å²) < 4.78 is 13.7. The van der Waals surface area contributed by atoms with Crippen LogP contribution in [-0.2, 0) is 9.59 Å². The van der Waals surface area contributed by atoms with Crippen LogP contribution in [0.15, 0.2) is 0 Å². The second kappa shape index (κ2) is 2.46. The summed E-state index contributed by atoms with van der Waals surface area (Å²) in [6.45, 7) is 1.55. The summed E-state index contributed by atoms with van der Waals surface area (Å²) in [6.07, 6.45) is 0.109. The van der Waals surface area contributed by atoms with Crippen molar-refractivity contribution in [2.24, 2.45) is 5.41 Å². The van der Waals surface area contributed by atoms with E-state index in [1.165, 1.54) is 11.8 Å². The fourth-order valence-corrected chi connectivity index (χ4v) is 2.59. The van der Waals surface area contributed by atoms with Gasteiger partial charge in [0, 0.05) is 26.3 Å². The number of carboxylic acid groups (broad SMARTS) is 1. The summed E-state index contributed by atoms with van der Waals surface area (Å²) in [4.78, 5) is 23.3. The van der Waals surface area contributed by atoms with E-state index >= 15 is 0 Å². The molecular weight excluding hydrogens is 189 g/mol. The summed E-state index contributed by atoms with van der Waals surface area (Å²) in [5, 5.41) is 8.94. The minimum atomic E-state index is -1.46. The van der Waals surface area contributed by atoms with Gasteiger partial charge in [0.1, 0.15) is 5.67 Å². The van der Waals surface area contributed by atoms with E-state index in [1.54, 1.807) is 0 Å². The van der Waals surface area contributed by atoms with Crippen LogP contribution in [0.2, 0.25) is 0 Å². The molecule has 14 heavy (non-hydrogen) atoms. The van der Waals surface area contributed by atoms with E-state index in [0.29, 0.717) is 0 Å². The Morgan fingerprint density at radius 1 is 1.36 bits per heavy atom. The molecule has 0 aromatic heterocycles. The number of rotatable bonds is 1. The summed E-state index contributed by atoms with van der Waals surface area (Å²) in [5.41, 5.74) is -2.47. The Kier molecular flexibility index (Phi) is 1.66. The van der Waals surface area contributed by atoms with Crippen LogP contribution in [-0.4, -0.2) is 40.6 Å². The number of amides is 1. The molecule has 4 nitrogen and oxygen atoms in total. The predicted molar refractivity (Wildman–Crippen MR) is 45.4 cm³/mol. The Bertz CT molecular complexity index is 304. The lowest BCUT2D eigenvalue weighted by molar-refractivity contribution is -0.192. The number of aliphatic carboxylic acids is 1. The van der Waals surface area contributed by atoms with Gasteiger partial charge in [-0.3, -0.25) is 9.59 Å². The van der Waals surface area contributed by atoms with Crippen molar-refractivity contribution in [1.82, 2.24) is 4.90 Å². The number of carboxylic acids is 1. The molecule has 3 rings (SSSR count). The molecule has 0 aromatic carbocycles. The van der Waals surface area contributed by atoms with Crippen LogP contribution in [0.3, 0.4) is 0 Å². The molecule has 78 valence electrons. The second-order valence-electron chi connectivity index (χ2n) is 4.47. The van der Waals surface area contributed by atoms with Crippen molar-refractivity contribution in [2.45, 2.75) is 25.4 Å². The summed E-state index contributed by atoms with van der Waals surface area (Å²) in [7, 11) is 0. The molecule has 2 aliphatic heterocycles. The highest BCUT2D eigenvalue weighted by atomic mass is 19.1. The minimum absolute atomic E-state index is 0.0529. The number of carbonyl (C=O) groups excluding carboxylic acids is 1. The van der Waals surface area contributed by atoms with Crippen molar-refractivity contribution < 1.29 is 19.1 Å². The van der Waals surface area contributed by atoms with E-state index in [2.05, 4.69) is 0 Å². The Hall–Kier alpha value is -1.13. The van der Waals surface area contributed by atoms with E-state index < -0.39 is 17.1 Å². The Morgan fingerprint density at radius 2 is 1.93 bits per heavy atom. The third-order valence-corrected chi connectivity index (χ3v) is 3.18. The maximum absolute atomic E-state index is 13.7. The average molecular weight is 201 g/mol. The number of alkyl halides is 1. The van der Waals surface area contributed by atoms with Gasteiger partial charge in [0.2, 0.25) is 5.91 Å². The molecule has 1 aliphatic carbocycles. The lowest BCUT2D eigenvalue weighted by atomic mass is 9.57. The highest BCUT2D eigenvalue weighted by Gasteiger charge is 2.65. The Balaban J connectivity index is 2.20. The van der Waals surface area contributed by atoms with E-state index in [4.69, 9.17) is 5.11 Å². The normalized spacial score (nSPS) is 40.3. The first-order valence-corrected chi connectivity index (χ1v) is 4.55. The van der Waals surface area contributed by atoms with Crippen LogP contribution in [0.1, 0.15) is 19.8 Å². The minimum Gasteiger partial charge on any atom is -0.481 e. The van der Waals surface area contributed by atoms with Crippen LogP contribution in [0.4, 0.5) is 4.39 Å². The predicted octanol–water partition coefficient (Wildman–Crippen LogP) is 0.422. The van der Waals surface area contributed by atoms with Crippen LogP contribution < -0.4 is 0 Å². The molecule has 3 aliphatic rings. The molecule has 1 N–H and O–H groups in total. The molecule has 0 atom stereocenters. The number of halogens is 1.